The second kappa shape index (κ2) is 33.3. The van der Waals surface area contributed by atoms with E-state index in [-0.39, 0.29) is 12.1 Å². The molecule has 0 saturated carbocycles. The number of likely N-dealkylation sites (N-methyl/N-ethyl adjacent to an activating group) is 1. The molecule has 0 radical (unpaired) electrons. The summed E-state index contributed by atoms with van der Waals surface area (Å²) in [5.41, 5.74) is 5.44. The molecule has 1 saturated heterocycles. The molecule has 284 valence electrons. The molecule has 4 N–H and O–H groups in total. The van der Waals surface area contributed by atoms with Crippen LogP contribution in [0.25, 0.3) is 0 Å². The van der Waals surface area contributed by atoms with Gasteiger partial charge < -0.3 is 25.4 Å². The fraction of sp³-hybridized carbons (Fsp3) is 0.791. The van der Waals surface area contributed by atoms with E-state index >= 15 is 0 Å². The highest BCUT2D eigenvalue weighted by Gasteiger charge is 2.40. The summed E-state index contributed by atoms with van der Waals surface area (Å²) >= 11 is 0. The van der Waals surface area contributed by atoms with Gasteiger partial charge in [-0.1, -0.05) is 140 Å². The highest BCUT2D eigenvalue weighted by atomic mass is 16.7. The van der Waals surface area contributed by atoms with Crippen molar-refractivity contribution in [1.82, 2.24) is 10.2 Å². The van der Waals surface area contributed by atoms with E-state index in [4.69, 9.17) is 20.6 Å². The van der Waals surface area contributed by atoms with Crippen molar-refractivity contribution in [1.29, 1.82) is 5.41 Å². The van der Waals surface area contributed by atoms with E-state index in [1.165, 1.54) is 135 Å². The van der Waals surface area contributed by atoms with Crippen molar-refractivity contribution in [3.63, 3.8) is 0 Å². The van der Waals surface area contributed by atoms with Crippen LogP contribution >= 0.6 is 0 Å². The van der Waals surface area contributed by atoms with Crippen molar-refractivity contribution in [2.75, 3.05) is 33.3 Å². The van der Waals surface area contributed by atoms with Crippen LogP contribution in [0.3, 0.4) is 0 Å². The summed E-state index contributed by atoms with van der Waals surface area (Å²) in [7, 11) is 2.11. The first-order chi connectivity index (χ1) is 24.0. The number of rotatable bonds is 34. The number of guanidine groups is 1. The molecule has 1 rings (SSSR count). The average Bonchev–Trinajstić information content (AvgIpc) is 3.48. The Morgan fingerprint density at radius 3 is 1.61 bits per heavy atom. The Hall–Kier alpha value is -1.89. The normalized spacial score (nSPS) is 18.4. The van der Waals surface area contributed by atoms with Crippen LogP contribution in [0.5, 0.6) is 0 Å². The Balaban J connectivity index is 2.29. The maximum absolute atomic E-state index is 7.37. The van der Waals surface area contributed by atoms with E-state index in [0.29, 0.717) is 13.2 Å². The molecule has 0 aliphatic carbocycles. The van der Waals surface area contributed by atoms with Crippen molar-refractivity contribution in [3.8, 4) is 0 Å². The quantitative estimate of drug-likeness (QED) is 0.0272. The third kappa shape index (κ3) is 28.5. The van der Waals surface area contributed by atoms with Crippen LogP contribution < -0.4 is 11.1 Å². The molecule has 6 nitrogen and oxygen atoms in total. The maximum Gasteiger partial charge on any atom is 0.185 e. The standard InChI is InChI=1S/C43H80N4O2/c1-4-6-8-10-12-14-16-18-20-22-24-26-28-30-32-34-36-43(48-40-41(49-43)39-47(3)38-37-46-42(44)45)35-33-31-29-27-25-23-21-19-17-15-13-11-9-7-5-2/h11-14,17-20,41H,4-10,15-16,21-40H2,1-3H3,(H4,44,45,46)/b13-11+,14-12-,19-17-,20-18-. The Labute approximate surface area is 304 Å². The molecule has 0 amide bonds. The lowest BCUT2D eigenvalue weighted by atomic mass is 9.98. The third-order valence-electron chi connectivity index (χ3n) is 9.50. The first-order valence-electron chi connectivity index (χ1n) is 20.7. The second-order valence-corrected chi connectivity index (χ2v) is 14.4. The minimum absolute atomic E-state index is 0.0270. The van der Waals surface area contributed by atoms with Gasteiger partial charge in [-0.2, -0.15) is 0 Å². The van der Waals surface area contributed by atoms with E-state index in [9.17, 15) is 0 Å². The predicted molar refractivity (Wildman–Crippen MR) is 214 cm³/mol. The summed E-state index contributed by atoms with van der Waals surface area (Å²) in [5.74, 6) is -0.382. The molecule has 0 aromatic heterocycles. The van der Waals surface area contributed by atoms with E-state index in [1.807, 2.05) is 0 Å². The summed E-state index contributed by atoms with van der Waals surface area (Å²) in [4.78, 5) is 2.25. The molecule has 0 spiro atoms. The summed E-state index contributed by atoms with van der Waals surface area (Å²) in [6.07, 6.45) is 49.8. The highest BCUT2D eigenvalue weighted by molar-refractivity contribution is 5.74. The number of unbranched alkanes of at least 4 members (excludes halogenated alkanes) is 17. The molecule has 1 aliphatic heterocycles. The van der Waals surface area contributed by atoms with E-state index < -0.39 is 5.79 Å². The third-order valence-corrected chi connectivity index (χ3v) is 9.50. The fourth-order valence-corrected chi connectivity index (χ4v) is 6.49. The van der Waals surface area contributed by atoms with Crippen LogP contribution in [0.1, 0.15) is 174 Å². The predicted octanol–water partition coefficient (Wildman–Crippen LogP) is 11.5. The van der Waals surface area contributed by atoms with E-state index in [0.717, 1.165) is 38.8 Å². The van der Waals surface area contributed by atoms with Crippen molar-refractivity contribution in [3.05, 3.63) is 48.6 Å². The molecule has 0 aromatic rings. The van der Waals surface area contributed by atoms with Gasteiger partial charge in [-0.15, -0.1) is 0 Å². The summed E-state index contributed by atoms with van der Waals surface area (Å²) in [6, 6.07) is 0. The molecule has 1 fully saturated rings. The smallest absolute Gasteiger partial charge is 0.185 e. The maximum atomic E-state index is 7.37. The molecule has 1 heterocycles. The summed E-state index contributed by atoms with van der Waals surface area (Å²) < 4.78 is 13.2. The van der Waals surface area contributed by atoms with Crippen LogP contribution in [0.2, 0.25) is 0 Å². The Morgan fingerprint density at radius 1 is 0.673 bits per heavy atom. The zero-order chi connectivity index (χ0) is 35.5. The molecule has 49 heavy (non-hydrogen) atoms. The van der Waals surface area contributed by atoms with Crippen LogP contribution in [0, 0.1) is 5.41 Å². The Morgan fingerprint density at radius 2 is 1.12 bits per heavy atom. The van der Waals surface area contributed by atoms with Gasteiger partial charge in [0.15, 0.2) is 11.7 Å². The minimum atomic E-state index is -0.409. The van der Waals surface area contributed by atoms with Gasteiger partial charge in [-0.05, 0) is 77.7 Å². The number of nitrogens with two attached hydrogens (primary N) is 1. The molecule has 2 atom stereocenters. The minimum Gasteiger partial charge on any atom is -0.370 e. The van der Waals surface area contributed by atoms with Crippen LogP contribution in [0.15, 0.2) is 48.6 Å². The van der Waals surface area contributed by atoms with Crippen LogP contribution in [-0.4, -0.2) is 56.0 Å². The SMILES string of the molecule is CCCC/C=C/C/C=C\CCCCCCCCC1(CCCCCCCC/C=C\C/C=C\CCCCC)OCC(CN(C)CCNC(=N)N)O1. The first kappa shape index (κ1) is 45.1. The van der Waals surface area contributed by atoms with Crippen LogP contribution in [0.4, 0.5) is 0 Å². The van der Waals surface area contributed by atoms with Crippen LogP contribution in [-0.2, 0) is 9.47 Å². The number of hydrogen-bond donors (Lipinski definition) is 3. The van der Waals surface area contributed by atoms with Gasteiger partial charge in [-0.25, -0.2) is 0 Å². The summed E-state index contributed by atoms with van der Waals surface area (Å²) in [6.45, 7) is 7.52. The van der Waals surface area contributed by atoms with Crippen molar-refractivity contribution < 1.29 is 9.47 Å². The van der Waals surface area contributed by atoms with Gasteiger partial charge >= 0.3 is 0 Å². The monoisotopic (exact) mass is 685 g/mol. The largest absolute Gasteiger partial charge is 0.370 e. The van der Waals surface area contributed by atoms with Gasteiger partial charge in [0.2, 0.25) is 0 Å². The Bertz CT molecular complexity index is 870. The number of nitrogens with zero attached hydrogens (tertiary/aromatic N) is 1. The molecule has 0 bridgehead atoms. The van der Waals surface area contributed by atoms with Crippen molar-refractivity contribution in [2.24, 2.45) is 5.73 Å². The first-order valence-corrected chi connectivity index (χ1v) is 20.7. The number of hydrogen-bond acceptors (Lipinski definition) is 4. The lowest BCUT2D eigenvalue weighted by Gasteiger charge is -2.29. The summed E-state index contributed by atoms with van der Waals surface area (Å²) in [5, 5.41) is 10.3. The molecule has 0 aromatic carbocycles. The van der Waals surface area contributed by atoms with Gasteiger partial charge in [0, 0.05) is 32.5 Å². The van der Waals surface area contributed by atoms with Gasteiger partial charge in [0.1, 0.15) is 0 Å². The number of ether oxygens (including phenoxy) is 2. The number of allylic oxidation sites excluding steroid dienone is 8. The topological polar surface area (TPSA) is 83.6 Å². The average molecular weight is 685 g/mol. The Kier molecular flexibility index (Phi) is 30.6. The van der Waals surface area contributed by atoms with Gasteiger partial charge in [0.25, 0.3) is 0 Å². The van der Waals surface area contributed by atoms with Gasteiger partial charge in [0.05, 0.1) is 12.7 Å². The van der Waals surface area contributed by atoms with Crippen molar-refractivity contribution >= 4 is 5.96 Å². The lowest BCUT2D eigenvalue weighted by molar-refractivity contribution is -0.180. The van der Waals surface area contributed by atoms with E-state index in [2.05, 4.69) is 79.7 Å². The number of nitrogens with one attached hydrogen (secondary N) is 2. The molecular formula is C43H80N4O2. The van der Waals surface area contributed by atoms with E-state index in [1.54, 1.807) is 0 Å². The molecule has 1 aliphatic rings. The highest BCUT2D eigenvalue weighted by Crippen LogP contribution is 2.35. The second-order valence-electron chi connectivity index (χ2n) is 14.4. The molecule has 2 unspecified atom stereocenters. The van der Waals surface area contributed by atoms with Gasteiger partial charge in [-0.3, -0.25) is 5.41 Å². The van der Waals surface area contributed by atoms with Crippen molar-refractivity contribution in [2.45, 2.75) is 186 Å². The zero-order valence-corrected chi connectivity index (χ0v) is 32.5. The zero-order valence-electron chi connectivity index (χ0n) is 32.5. The molecule has 6 heteroatoms. The lowest BCUT2D eigenvalue weighted by Crippen LogP contribution is -2.40. The molecular weight excluding hydrogens is 604 g/mol. The fourth-order valence-electron chi connectivity index (χ4n) is 6.49.